The van der Waals surface area contributed by atoms with E-state index in [4.69, 9.17) is 5.26 Å². The molecule has 172 valence electrons. The first-order valence-electron chi connectivity index (χ1n) is 12.1. The summed E-state index contributed by atoms with van der Waals surface area (Å²) in [6.45, 7) is 4.56. The second-order valence-electron chi connectivity index (χ2n) is 11.0. The Morgan fingerprint density at radius 2 is 2.03 bits per heavy atom. The van der Waals surface area contributed by atoms with Crippen molar-refractivity contribution in [2.45, 2.75) is 70.8 Å². The number of rotatable bonds is 4. The molecule has 3 aliphatic rings. The Kier molecular flexibility index (Phi) is 5.41. The SMILES string of the molecule is CC1(C)CC=C(c2cc(C3(O)CC4CC[C@@H](C4)C3)ccc2NC(=O)c2nc(C#N)c[nH]2)CC1. The highest BCUT2D eigenvalue weighted by molar-refractivity contribution is 6.03. The van der Waals surface area contributed by atoms with Gasteiger partial charge in [-0.1, -0.05) is 38.8 Å². The predicted molar refractivity (Wildman–Crippen MR) is 127 cm³/mol. The minimum atomic E-state index is -0.793. The molecular formula is C27H32N4O2. The van der Waals surface area contributed by atoms with Gasteiger partial charge in [0.1, 0.15) is 6.07 Å². The van der Waals surface area contributed by atoms with Crippen LogP contribution < -0.4 is 5.32 Å². The van der Waals surface area contributed by atoms with Crippen molar-refractivity contribution >= 4 is 17.2 Å². The molecule has 6 heteroatoms. The minimum Gasteiger partial charge on any atom is -0.385 e. The molecule has 2 fully saturated rings. The molecule has 5 rings (SSSR count). The van der Waals surface area contributed by atoms with Crippen LogP contribution in [0, 0.1) is 28.6 Å². The lowest BCUT2D eigenvalue weighted by molar-refractivity contribution is -0.0255. The van der Waals surface area contributed by atoms with Crippen molar-refractivity contribution in [3.05, 3.63) is 53.1 Å². The maximum absolute atomic E-state index is 12.8. The van der Waals surface area contributed by atoms with Gasteiger partial charge in [0, 0.05) is 17.4 Å². The van der Waals surface area contributed by atoms with E-state index in [0.717, 1.165) is 43.2 Å². The van der Waals surface area contributed by atoms with E-state index in [1.807, 2.05) is 18.2 Å². The Labute approximate surface area is 195 Å². The Morgan fingerprint density at radius 1 is 1.27 bits per heavy atom. The number of nitrogens with zero attached hydrogens (tertiary/aromatic N) is 2. The monoisotopic (exact) mass is 444 g/mol. The van der Waals surface area contributed by atoms with E-state index in [1.165, 1.54) is 31.0 Å². The number of nitriles is 1. The number of benzene rings is 1. The number of carbonyl (C=O) groups excluding carboxylic acids is 1. The fourth-order valence-electron chi connectivity index (χ4n) is 6.03. The van der Waals surface area contributed by atoms with E-state index in [2.05, 4.69) is 41.3 Å². The van der Waals surface area contributed by atoms with Crippen LogP contribution in [-0.4, -0.2) is 21.0 Å². The highest BCUT2D eigenvalue weighted by Crippen LogP contribution is 2.51. The molecule has 0 aliphatic heterocycles. The fourth-order valence-corrected chi connectivity index (χ4v) is 6.03. The topological polar surface area (TPSA) is 102 Å². The third kappa shape index (κ3) is 4.35. The molecule has 2 aromatic rings. The molecule has 1 heterocycles. The molecular weight excluding hydrogens is 412 g/mol. The van der Waals surface area contributed by atoms with Crippen LogP contribution in [0.1, 0.15) is 92.7 Å². The second-order valence-corrected chi connectivity index (χ2v) is 11.0. The molecule has 2 saturated carbocycles. The summed E-state index contributed by atoms with van der Waals surface area (Å²) in [6.07, 6.45) is 12.1. The zero-order valence-electron chi connectivity index (χ0n) is 19.4. The van der Waals surface area contributed by atoms with Crippen LogP contribution in [0.5, 0.6) is 0 Å². The first kappa shape index (κ1) is 21.9. The number of fused-ring (bicyclic) bond motifs is 2. The van der Waals surface area contributed by atoms with Gasteiger partial charge >= 0.3 is 0 Å². The van der Waals surface area contributed by atoms with Gasteiger partial charge in [-0.15, -0.1) is 0 Å². The molecule has 1 amide bonds. The zero-order valence-corrected chi connectivity index (χ0v) is 19.4. The van der Waals surface area contributed by atoms with Crippen molar-refractivity contribution in [2.75, 3.05) is 5.32 Å². The highest BCUT2D eigenvalue weighted by atomic mass is 16.3. The molecule has 6 nitrogen and oxygen atoms in total. The van der Waals surface area contributed by atoms with E-state index < -0.39 is 5.60 Å². The Morgan fingerprint density at radius 3 is 2.67 bits per heavy atom. The van der Waals surface area contributed by atoms with E-state index in [9.17, 15) is 9.90 Å². The lowest BCUT2D eigenvalue weighted by Crippen LogP contribution is -2.33. The van der Waals surface area contributed by atoms with Crippen LogP contribution in [0.15, 0.2) is 30.5 Å². The summed E-state index contributed by atoms with van der Waals surface area (Å²) in [5, 5.41) is 23.7. The molecule has 3 atom stereocenters. The summed E-state index contributed by atoms with van der Waals surface area (Å²) in [4.78, 5) is 19.6. The predicted octanol–water partition coefficient (Wildman–Crippen LogP) is 5.52. The van der Waals surface area contributed by atoms with Crippen LogP contribution in [0.25, 0.3) is 5.57 Å². The van der Waals surface area contributed by atoms with Crippen LogP contribution >= 0.6 is 0 Å². The minimum absolute atomic E-state index is 0.114. The van der Waals surface area contributed by atoms with Gasteiger partial charge in [-0.05, 0) is 79.0 Å². The number of allylic oxidation sites excluding steroid dienone is 2. The third-order valence-electron chi connectivity index (χ3n) is 7.93. The Balaban J connectivity index is 1.49. The van der Waals surface area contributed by atoms with E-state index in [-0.39, 0.29) is 22.8 Å². The van der Waals surface area contributed by atoms with Gasteiger partial charge in [0.05, 0.1) is 5.60 Å². The number of nitrogens with one attached hydrogen (secondary N) is 2. The number of aliphatic hydroxyl groups is 1. The van der Waals surface area contributed by atoms with Gasteiger partial charge in [0.15, 0.2) is 11.5 Å². The zero-order chi connectivity index (χ0) is 23.2. The standard InChI is InChI=1S/C27H32N4O2/c1-26(2)9-7-19(8-10-26)22-12-20(27(33)13-17-3-4-18(11-17)14-27)5-6-23(22)31-25(32)24-29-16-21(15-28)30-24/h5-7,12,16-18,33H,3-4,8-11,13-14H2,1-2H3,(H,29,30)(H,31,32)/t17-,18?,27?/m0/s1. The van der Waals surface area contributed by atoms with Gasteiger partial charge in [-0.3, -0.25) is 4.79 Å². The molecule has 1 aromatic carbocycles. The average molecular weight is 445 g/mol. The molecule has 2 bridgehead atoms. The molecule has 0 spiro atoms. The quantitative estimate of drug-likeness (QED) is 0.577. The number of aromatic nitrogens is 2. The van der Waals surface area contributed by atoms with E-state index >= 15 is 0 Å². The largest absolute Gasteiger partial charge is 0.385 e. The Hall–Kier alpha value is -2.91. The number of hydrogen-bond acceptors (Lipinski definition) is 4. The Bertz CT molecular complexity index is 1140. The fraction of sp³-hybridized carbons (Fsp3) is 0.519. The van der Waals surface area contributed by atoms with Crippen molar-refractivity contribution in [3.63, 3.8) is 0 Å². The lowest BCUT2D eigenvalue weighted by atomic mass is 9.72. The summed E-state index contributed by atoms with van der Waals surface area (Å²) in [5.41, 5.74) is 3.53. The lowest BCUT2D eigenvalue weighted by Gasteiger charge is -2.37. The summed E-state index contributed by atoms with van der Waals surface area (Å²) in [6, 6.07) is 7.94. The van der Waals surface area contributed by atoms with Crippen LogP contribution in [0.2, 0.25) is 0 Å². The van der Waals surface area contributed by atoms with Crippen molar-refractivity contribution < 1.29 is 9.90 Å². The molecule has 0 saturated heterocycles. The number of imidazole rings is 1. The summed E-state index contributed by atoms with van der Waals surface area (Å²) < 4.78 is 0. The smallest absolute Gasteiger partial charge is 0.291 e. The first-order chi connectivity index (χ1) is 15.7. The van der Waals surface area contributed by atoms with Gasteiger partial charge in [0.2, 0.25) is 0 Å². The van der Waals surface area contributed by atoms with Crippen molar-refractivity contribution in [1.29, 1.82) is 5.26 Å². The molecule has 2 unspecified atom stereocenters. The van der Waals surface area contributed by atoms with Gasteiger partial charge < -0.3 is 15.4 Å². The van der Waals surface area contributed by atoms with Crippen LogP contribution in [0.4, 0.5) is 5.69 Å². The number of H-pyrrole nitrogens is 1. The maximum Gasteiger partial charge on any atom is 0.291 e. The first-order valence-corrected chi connectivity index (χ1v) is 12.1. The number of anilines is 1. The molecule has 0 radical (unpaired) electrons. The summed E-state index contributed by atoms with van der Waals surface area (Å²) in [7, 11) is 0. The third-order valence-corrected chi connectivity index (χ3v) is 7.93. The van der Waals surface area contributed by atoms with Crippen molar-refractivity contribution in [2.24, 2.45) is 17.3 Å². The van der Waals surface area contributed by atoms with Crippen LogP contribution in [-0.2, 0) is 5.60 Å². The van der Waals surface area contributed by atoms with Crippen molar-refractivity contribution in [1.82, 2.24) is 9.97 Å². The normalized spacial score (nSPS) is 28.1. The van der Waals surface area contributed by atoms with E-state index in [1.54, 1.807) is 0 Å². The summed E-state index contributed by atoms with van der Waals surface area (Å²) >= 11 is 0. The number of aromatic amines is 1. The van der Waals surface area contributed by atoms with Crippen molar-refractivity contribution in [3.8, 4) is 6.07 Å². The average Bonchev–Trinajstić information content (AvgIpc) is 3.40. The van der Waals surface area contributed by atoms with Gasteiger partial charge in [-0.2, -0.15) is 5.26 Å². The van der Waals surface area contributed by atoms with E-state index in [0.29, 0.717) is 17.5 Å². The molecule has 33 heavy (non-hydrogen) atoms. The number of hydrogen-bond donors (Lipinski definition) is 3. The molecule has 3 aliphatic carbocycles. The molecule has 1 aromatic heterocycles. The number of carbonyl (C=O) groups is 1. The van der Waals surface area contributed by atoms with Gasteiger partial charge in [-0.25, -0.2) is 4.98 Å². The highest BCUT2D eigenvalue weighted by Gasteiger charge is 2.44. The number of amides is 1. The maximum atomic E-state index is 12.8. The molecule has 3 N–H and O–H groups in total. The summed E-state index contributed by atoms with van der Waals surface area (Å²) in [5.74, 6) is 0.957. The van der Waals surface area contributed by atoms with Crippen LogP contribution in [0.3, 0.4) is 0 Å². The van der Waals surface area contributed by atoms with Gasteiger partial charge in [0.25, 0.3) is 5.91 Å². The second kappa shape index (κ2) is 8.14.